The van der Waals surface area contributed by atoms with Gasteiger partial charge in [0.05, 0.1) is 32.9 Å². The molecule has 0 saturated heterocycles. The van der Waals surface area contributed by atoms with E-state index in [0.717, 1.165) is 0 Å². The lowest BCUT2D eigenvalue weighted by molar-refractivity contribution is -0.153. The van der Waals surface area contributed by atoms with E-state index in [-0.39, 0.29) is 29.7 Å². The minimum atomic E-state index is -2.70. The lowest BCUT2D eigenvalue weighted by atomic mass is 9.57. The van der Waals surface area contributed by atoms with E-state index in [1.54, 1.807) is 32.3 Å². The summed E-state index contributed by atoms with van der Waals surface area (Å²) < 4.78 is 16.4. The van der Waals surface area contributed by atoms with Gasteiger partial charge in [-0.25, -0.2) is 0 Å². The van der Waals surface area contributed by atoms with Crippen LogP contribution in [0.1, 0.15) is 17.5 Å². The molecule has 1 saturated carbocycles. The zero-order chi connectivity index (χ0) is 30.8. The summed E-state index contributed by atoms with van der Waals surface area (Å²) in [5, 5.41) is 45.1. The molecule has 3 aliphatic carbocycles. The third-order valence-electron chi connectivity index (χ3n) is 8.58. The van der Waals surface area contributed by atoms with Crippen molar-refractivity contribution in [1.29, 1.82) is 0 Å². The van der Waals surface area contributed by atoms with E-state index in [0.29, 0.717) is 33.9 Å². The maximum atomic E-state index is 14.0. The number of phenolic OH excluding ortho intramolecular Hbond substituents is 1. The average molecular weight is 581 g/mol. The van der Waals surface area contributed by atoms with Crippen molar-refractivity contribution in [2.45, 2.75) is 24.5 Å². The molecule has 2 aromatic rings. The number of benzene rings is 2. The number of aliphatic hydroxyl groups excluding tert-OH is 2. The van der Waals surface area contributed by atoms with Gasteiger partial charge in [-0.05, 0) is 67.7 Å². The molecule has 0 aliphatic heterocycles. The molecule has 0 unspecified atom stereocenters. The first kappa shape index (κ1) is 29.0. The molecule has 12 nitrogen and oxygen atoms in total. The number of amides is 1. The molecule has 42 heavy (non-hydrogen) atoms. The summed E-state index contributed by atoms with van der Waals surface area (Å²) in [5.41, 5.74) is 3.30. The molecule has 0 spiro atoms. The Labute approximate surface area is 241 Å². The number of primary amides is 1. The van der Waals surface area contributed by atoms with E-state index in [9.17, 15) is 34.8 Å². The number of Topliss-reactive ketones (excluding diaryl/α,β-unsaturated/α-hetero) is 2. The maximum Gasteiger partial charge on any atom is 0.255 e. The molecule has 0 aromatic heterocycles. The highest BCUT2D eigenvalue weighted by molar-refractivity contribution is 6.24. The number of aromatic hydroxyl groups is 1. The predicted octanol–water partition coefficient (Wildman–Crippen LogP) is 1.66. The van der Waals surface area contributed by atoms with Gasteiger partial charge in [0.2, 0.25) is 11.5 Å². The number of methoxy groups -OCH3 is 3. The smallest absolute Gasteiger partial charge is 0.255 e. The van der Waals surface area contributed by atoms with Crippen LogP contribution in [-0.4, -0.2) is 89.9 Å². The van der Waals surface area contributed by atoms with Gasteiger partial charge in [-0.3, -0.25) is 19.3 Å². The minimum Gasteiger partial charge on any atom is -0.508 e. The SMILES string of the molecule is COc1cc(-c2ccc(O)c3c2C[C@@H]2C[C@@H]4[C@@H](N(C)C)C(=O)C(C(N)=O)=C(O)[C@]4(O)C(=O)C2=C3O)cc(OC)c1OC. The highest BCUT2D eigenvalue weighted by Crippen LogP contribution is 2.54. The van der Waals surface area contributed by atoms with Crippen molar-refractivity contribution in [2.24, 2.45) is 17.6 Å². The molecule has 12 heteroatoms. The molecule has 222 valence electrons. The summed E-state index contributed by atoms with van der Waals surface area (Å²) in [7, 11) is 7.53. The molecule has 0 radical (unpaired) electrons. The number of phenols is 1. The summed E-state index contributed by atoms with van der Waals surface area (Å²) in [6.45, 7) is 0. The Bertz CT molecular complexity index is 1580. The second-order valence-corrected chi connectivity index (χ2v) is 10.9. The van der Waals surface area contributed by atoms with E-state index in [1.165, 1.54) is 32.3 Å². The largest absolute Gasteiger partial charge is 0.508 e. The van der Waals surface area contributed by atoms with Crippen LogP contribution in [0.5, 0.6) is 23.0 Å². The van der Waals surface area contributed by atoms with Crippen molar-refractivity contribution in [3.8, 4) is 34.1 Å². The van der Waals surface area contributed by atoms with E-state index < -0.39 is 58.0 Å². The third kappa shape index (κ3) is 3.86. The number of carbonyl (C=O) groups is 3. The second kappa shape index (κ2) is 10.1. The molecule has 5 rings (SSSR count). The van der Waals surface area contributed by atoms with Gasteiger partial charge < -0.3 is 40.4 Å². The Morgan fingerprint density at radius 2 is 1.64 bits per heavy atom. The fourth-order valence-corrected chi connectivity index (χ4v) is 6.75. The van der Waals surface area contributed by atoms with E-state index in [1.807, 2.05) is 0 Å². The monoisotopic (exact) mass is 580 g/mol. The molecule has 4 atom stereocenters. The lowest BCUT2D eigenvalue weighted by Crippen LogP contribution is -2.65. The summed E-state index contributed by atoms with van der Waals surface area (Å²) >= 11 is 0. The van der Waals surface area contributed by atoms with Gasteiger partial charge >= 0.3 is 0 Å². The predicted molar refractivity (Wildman–Crippen MR) is 149 cm³/mol. The van der Waals surface area contributed by atoms with Crippen LogP contribution in [0, 0.1) is 11.8 Å². The van der Waals surface area contributed by atoms with E-state index in [4.69, 9.17) is 19.9 Å². The standard InChI is InChI=1S/C30H32N2O10/c1-32(2)23-16-9-13-8-15-14(12-10-18(40-3)26(42-5)19(11-12)41-4)6-7-17(33)21(15)24(34)20(13)27(36)30(16,39)28(37)22(25(23)35)29(31)38/h6-7,10-11,13,16,23,33-34,37,39H,8-9H2,1-5H3,(H2,31,38)/t13-,16-,23-,30-/m1/s1. The van der Waals surface area contributed by atoms with Crippen molar-refractivity contribution < 1.29 is 49.0 Å². The van der Waals surface area contributed by atoms with Gasteiger partial charge in [-0.1, -0.05) is 6.07 Å². The molecule has 6 N–H and O–H groups in total. The topological polar surface area (TPSA) is 189 Å². The quantitative estimate of drug-likeness (QED) is 0.313. The second-order valence-electron chi connectivity index (χ2n) is 10.9. The van der Waals surface area contributed by atoms with Gasteiger partial charge in [0, 0.05) is 11.5 Å². The summed E-state index contributed by atoms with van der Waals surface area (Å²) in [5.74, 6) is -5.93. The number of hydrogen-bond acceptors (Lipinski definition) is 11. The molecule has 0 heterocycles. The van der Waals surface area contributed by atoms with Crippen LogP contribution < -0.4 is 19.9 Å². The number of carbonyl (C=O) groups excluding carboxylic acids is 3. The van der Waals surface area contributed by atoms with Crippen LogP contribution >= 0.6 is 0 Å². The van der Waals surface area contributed by atoms with Crippen LogP contribution in [0.3, 0.4) is 0 Å². The maximum absolute atomic E-state index is 14.0. The first-order chi connectivity index (χ1) is 19.8. The normalized spacial score (nSPS) is 25.2. The van der Waals surface area contributed by atoms with Crippen LogP contribution in [0.15, 0.2) is 41.2 Å². The van der Waals surface area contributed by atoms with Gasteiger partial charge in [0.1, 0.15) is 22.8 Å². The number of aliphatic hydroxyl groups is 3. The minimum absolute atomic E-state index is 0.0162. The fraction of sp³-hybridized carbons (Fsp3) is 0.367. The van der Waals surface area contributed by atoms with Crippen molar-refractivity contribution >= 4 is 23.2 Å². The molecular formula is C30H32N2O10. The summed E-state index contributed by atoms with van der Waals surface area (Å²) in [6, 6.07) is 5.29. The molecule has 2 aromatic carbocycles. The highest BCUT2D eigenvalue weighted by Gasteiger charge is 2.64. The number of ether oxygens (including phenoxy) is 3. The third-order valence-corrected chi connectivity index (χ3v) is 8.58. The molecule has 1 amide bonds. The van der Waals surface area contributed by atoms with E-state index in [2.05, 4.69) is 0 Å². The van der Waals surface area contributed by atoms with E-state index >= 15 is 0 Å². The number of rotatable bonds is 6. The van der Waals surface area contributed by atoms with Crippen molar-refractivity contribution in [2.75, 3.05) is 35.4 Å². The average Bonchev–Trinajstić information content (AvgIpc) is 2.93. The molecular weight excluding hydrogens is 548 g/mol. The summed E-state index contributed by atoms with van der Waals surface area (Å²) in [4.78, 5) is 40.9. The van der Waals surface area contributed by atoms with Crippen LogP contribution in [0.25, 0.3) is 16.9 Å². The number of nitrogens with two attached hydrogens (primary N) is 1. The van der Waals surface area contributed by atoms with Gasteiger partial charge in [-0.15, -0.1) is 0 Å². The van der Waals surface area contributed by atoms with Crippen molar-refractivity contribution in [1.82, 2.24) is 4.90 Å². The summed E-state index contributed by atoms with van der Waals surface area (Å²) in [6.07, 6.45) is 0.116. The van der Waals surface area contributed by atoms with Gasteiger partial charge in [-0.2, -0.15) is 0 Å². The number of nitrogens with zero attached hydrogens (tertiary/aromatic N) is 1. The zero-order valence-electron chi connectivity index (χ0n) is 23.7. The Kier molecular flexibility index (Phi) is 6.94. The van der Waals surface area contributed by atoms with Crippen molar-refractivity contribution in [3.05, 3.63) is 52.3 Å². The zero-order valence-corrected chi connectivity index (χ0v) is 23.7. The first-order valence-corrected chi connectivity index (χ1v) is 13.1. The van der Waals surface area contributed by atoms with Gasteiger partial charge in [0.25, 0.3) is 5.91 Å². The highest BCUT2D eigenvalue weighted by atomic mass is 16.5. The fourth-order valence-electron chi connectivity index (χ4n) is 6.75. The number of ketones is 2. The Morgan fingerprint density at radius 3 is 2.17 bits per heavy atom. The lowest BCUT2D eigenvalue weighted by Gasteiger charge is -2.50. The molecule has 1 fully saturated rings. The Balaban J connectivity index is 1.74. The van der Waals surface area contributed by atoms with Gasteiger partial charge in [0.15, 0.2) is 22.9 Å². The number of likely N-dealkylation sites (N-methyl/N-ethyl adjacent to an activating group) is 1. The van der Waals surface area contributed by atoms with Crippen LogP contribution in [0.2, 0.25) is 0 Å². The first-order valence-electron chi connectivity index (χ1n) is 13.1. The van der Waals surface area contributed by atoms with Crippen LogP contribution in [0.4, 0.5) is 0 Å². The molecule has 0 bridgehead atoms. The number of fused-ring (bicyclic) bond motifs is 3. The number of hydrogen-bond donors (Lipinski definition) is 5. The Morgan fingerprint density at radius 1 is 1.02 bits per heavy atom. The molecule has 3 aliphatic rings. The van der Waals surface area contributed by atoms with Crippen LogP contribution in [-0.2, 0) is 20.8 Å². The van der Waals surface area contributed by atoms with Crippen molar-refractivity contribution in [3.63, 3.8) is 0 Å². The Hall–Kier alpha value is -4.55.